The standard InChI is InChI=1S/2C13H9.C9H20Si.2ClH.Zr/c2*1-3-7-12-10(5-1)9-11-6-2-4-8-13(11)12;1-3-4-5-6-7-8-9-10-2;;;/h2*1-9H;3-9H2,1-2H3;2*1H;/q2*-1;;;;+4/p-2. The molecule has 0 aliphatic heterocycles. The van der Waals surface area contributed by atoms with Gasteiger partial charge in [0.1, 0.15) is 0 Å². The van der Waals surface area contributed by atoms with Gasteiger partial charge in [-0.25, -0.2) is 0 Å². The Kier molecular flexibility index (Phi) is 17.6. The molecule has 0 N–H and O–H groups in total. The second-order valence-electron chi connectivity index (χ2n) is 9.51. The fourth-order valence-corrected chi connectivity index (χ4v) is 5.49. The van der Waals surface area contributed by atoms with E-state index in [1.54, 1.807) is 0 Å². The predicted octanol–water partition coefficient (Wildman–Crippen LogP) is 4.95. The second kappa shape index (κ2) is 19.4. The Balaban J connectivity index is 0.000000286. The minimum atomic E-state index is 0. The summed E-state index contributed by atoms with van der Waals surface area (Å²) in [5, 5.41) is 10.8. The van der Waals surface area contributed by atoms with Crippen molar-refractivity contribution >= 4 is 52.6 Å². The van der Waals surface area contributed by atoms with E-state index >= 15 is 0 Å². The second-order valence-corrected chi connectivity index (χ2v) is 10.7. The van der Waals surface area contributed by atoms with Crippen molar-refractivity contribution in [2.75, 3.05) is 0 Å². The number of hydrogen-bond acceptors (Lipinski definition) is 0. The van der Waals surface area contributed by atoms with Crippen LogP contribution < -0.4 is 24.8 Å². The van der Waals surface area contributed by atoms with Gasteiger partial charge in [-0.15, -0.1) is 79.5 Å². The van der Waals surface area contributed by atoms with Crippen molar-refractivity contribution in [3.63, 3.8) is 0 Å². The average Bonchev–Trinajstić information content (AvgIpc) is 3.50. The van der Waals surface area contributed by atoms with Gasteiger partial charge >= 0.3 is 26.2 Å². The van der Waals surface area contributed by atoms with Crippen LogP contribution in [0.1, 0.15) is 45.4 Å². The van der Waals surface area contributed by atoms with Crippen molar-refractivity contribution in [3.8, 4) is 0 Å². The molecule has 0 atom stereocenters. The zero-order valence-corrected chi connectivity index (χ0v) is 28.1. The van der Waals surface area contributed by atoms with Crippen LogP contribution in [-0.2, 0) is 26.2 Å². The van der Waals surface area contributed by atoms with Crippen LogP contribution >= 0.6 is 0 Å². The van der Waals surface area contributed by atoms with E-state index in [0.29, 0.717) is 0 Å². The van der Waals surface area contributed by atoms with Gasteiger partial charge in [-0.3, -0.25) is 0 Å². The van der Waals surface area contributed by atoms with Crippen LogP contribution in [0.25, 0.3) is 43.1 Å². The Hall–Kier alpha value is -1.70. The fraction of sp³-hybridized carbons (Fsp3) is 0.257. The molecular formula is C35H38Cl2SiZr. The van der Waals surface area contributed by atoms with E-state index in [0.717, 1.165) is 0 Å². The third-order valence-corrected chi connectivity index (χ3v) is 7.68. The van der Waals surface area contributed by atoms with Gasteiger partial charge in [0.15, 0.2) is 0 Å². The summed E-state index contributed by atoms with van der Waals surface area (Å²) < 4.78 is 0. The first-order valence-corrected chi connectivity index (χ1v) is 15.2. The Morgan fingerprint density at radius 2 is 0.795 bits per heavy atom. The van der Waals surface area contributed by atoms with Crippen LogP contribution in [0.4, 0.5) is 0 Å². The molecule has 0 saturated heterocycles. The Bertz CT molecular complexity index is 1270. The van der Waals surface area contributed by atoms with Gasteiger partial charge in [-0.05, 0) is 0 Å². The van der Waals surface area contributed by atoms with Crippen molar-refractivity contribution in [2.45, 2.75) is 58.0 Å². The van der Waals surface area contributed by atoms with E-state index in [9.17, 15) is 0 Å². The first kappa shape index (κ1) is 35.3. The van der Waals surface area contributed by atoms with Gasteiger partial charge in [0.25, 0.3) is 0 Å². The van der Waals surface area contributed by atoms with E-state index < -0.39 is 0 Å². The molecule has 0 heterocycles. The van der Waals surface area contributed by atoms with Crippen LogP contribution in [0.5, 0.6) is 0 Å². The normalized spacial score (nSPS) is 10.0. The summed E-state index contributed by atoms with van der Waals surface area (Å²) >= 11 is 0. The Labute approximate surface area is 269 Å². The number of fused-ring (bicyclic) bond motifs is 6. The van der Waals surface area contributed by atoms with Gasteiger partial charge < -0.3 is 24.8 Å². The van der Waals surface area contributed by atoms with E-state index in [1.807, 2.05) is 0 Å². The van der Waals surface area contributed by atoms with Gasteiger partial charge in [-0.1, -0.05) is 131 Å². The van der Waals surface area contributed by atoms with Crippen molar-refractivity contribution in [2.24, 2.45) is 0 Å². The summed E-state index contributed by atoms with van der Waals surface area (Å²) in [4.78, 5) is 0. The van der Waals surface area contributed by atoms with Crippen LogP contribution in [0.3, 0.4) is 0 Å². The molecule has 0 saturated carbocycles. The molecule has 6 aromatic rings. The first-order chi connectivity index (χ1) is 17.8. The minimum Gasteiger partial charge on any atom is -1.00 e. The van der Waals surface area contributed by atoms with Crippen molar-refractivity contribution in [1.82, 2.24) is 0 Å². The number of hydrogen-bond donors (Lipinski definition) is 0. The monoisotopic (exact) mass is 646 g/mol. The summed E-state index contributed by atoms with van der Waals surface area (Å²) in [6.45, 7) is 4.57. The first-order valence-electron chi connectivity index (χ1n) is 13.5. The summed E-state index contributed by atoms with van der Waals surface area (Å²) in [6.07, 6.45) is 8.69. The maximum atomic E-state index is 2.30. The van der Waals surface area contributed by atoms with Gasteiger partial charge in [0.05, 0.1) is 0 Å². The van der Waals surface area contributed by atoms with Crippen LogP contribution in [0.15, 0.2) is 109 Å². The number of unbranched alkanes of at least 4 members (excludes halogenated alkanes) is 5. The maximum Gasteiger partial charge on any atom is 4.00 e. The molecule has 2 radical (unpaired) electrons. The molecular weight excluding hydrogens is 611 g/mol. The molecule has 0 unspecified atom stereocenters. The molecule has 39 heavy (non-hydrogen) atoms. The summed E-state index contributed by atoms with van der Waals surface area (Å²) in [5.74, 6) is 0. The average molecular weight is 649 g/mol. The Morgan fingerprint density at radius 1 is 0.487 bits per heavy atom. The molecule has 0 nitrogen and oxygen atoms in total. The van der Waals surface area contributed by atoms with Crippen LogP contribution in [-0.4, -0.2) is 9.52 Å². The molecule has 200 valence electrons. The van der Waals surface area contributed by atoms with Crippen LogP contribution in [0, 0.1) is 0 Å². The summed E-state index contributed by atoms with van der Waals surface area (Å²) in [6, 6.07) is 40.0. The molecule has 0 spiro atoms. The third kappa shape index (κ3) is 10.0. The molecule has 4 heteroatoms. The van der Waals surface area contributed by atoms with Crippen LogP contribution in [0.2, 0.25) is 12.6 Å². The summed E-state index contributed by atoms with van der Waals surface area (Å²) in [7, 11) is 1.17. The van der Waals surface area contributed by atoms with E-state index in [2.05, 4.69) is 123 Å². The van der Waals surface area contributed by atoms with E-state index in [4.69, 9.17) is 0 Å². The number of benzene rings is 4. The maximum absolute atomic E-state index is 2.30. The molecule has 0 aliphatic rings. The van der Waals surface area contributed by atoms with Gasteiger partial charge in [0.2, 0.25) is 0 Å². The molecule has 0 aliphatic carbocycles. The largest absolute Gasteiger partial charge is 4.00 e. The Morgan fingerprint density at radius 3 is 1.13 bits per heavy atom. The van der Waals surface area contributed by atoms with Crippen molar-refractivity contribution < 1.29 is 51.0 Å². The van der Waals surface area contributed by atoms with Gasteiger partial charge in [0, 0.05) is 9.52 Å². The smallest absolute Gasteiger partial charge is 1.00 e. The van der Waals surface area contributed by atoms with Gasteiger partial charge in [-0.2, -0.15) is 0 Å². The number of halogens is 2. The zero-order chi connectivity index (χ0) is 25.0. The molecule has 6 aromatic carbocycles. The predicted molar refractivity (Wildman–Crippen MR) is 164 cm³/mol. The quantitative estimate of drug-likeness (QED) is 0.131. The van der Waals surface area contributed by atoms with E-state index in [1.165, 1.54) is 97.2 Å². The molecule has 6 rings (SSSR count). The molecule has 0 amide bonds. The molecule has 0 aromatic heterocycles. The van der Waals surface area contributed by atoms with E-state index in [-0.39, 0.29) is 51.0 Å². The summed E-state index contributed by atoms with van der Waals surface area (Å²) in [5.41, 5.74) is 0. The zero-order valence-electron chi connectivity index (χ0n) is 23.1. The minimum absolute atomic E-state index is 0. The fourth-order valence-electron chi connectivity index (χ4n) is 4.89. The molecule has 0 fully saturated rings. The van der Waals surface area contributed by atoms with Crippen molar-refractivity contribution in [3.05, 3.63) is 109 Å². The SMILES string of the molecule is CCCCCCCC[Si]C.[Cl-].[Cl-].[Zr+4].c1ccc2c(c1)[cH-]c1ccccc12.c1ccc2c(c1)[cH-]c1ccccc12. The third-order valence-electron chi connectivity index (χ3n) is 6.83. The van der Waals surface area contributed by atoms with Crippen molar-refractivity contribution in [1.29, 1.82) is 0 Å². The number of rotatable bonds is 7. The molecule has 0 bridgehead atoms. The topological polar surface area (TPSA) is 0 Å².